The van der Waals surface area contributed by atoms with Gasteiger partial charge in [0, 0.05) is 9.35 Å². The highest BCUT2D eigenvalue weighted by molar-refractivity contribution is 9.10. The Morgan fingerprint density at radius 1 is 1.29 bits per heavy atom. The number of amides is 1. The molecular formula is C13H12BrNOS. The van der Waals surface area contributed by atoms with E-state index in [-0.39, 0.29) is 5.91 Å². The minimum absolute atomic E-state index is 0.0845. The second-order valence-corrected chi connectivity index (χ2v) is 5.89. The molecule has 1 heterocycles. The Labute approximate surface area is 113 Å². The van der Waals surface area contributed by atoms with Crippen LogP contribution in [-0.2, 0) is 0 Å². The van der Waals surface area contributed by atoms with Gasteiger partial charge >= 0.3 is 0 Å². The van der Waals surface area contributed by atoms with Gasteiger partial charge in [-0.15, -0.1) is 11.3 Å². The molecule has 0 fully saturated rings. The molecule has 0 bridgehead atoms. The van der Waals surface area contributed by atoms with E-state index in [1.54, 1.807) is 17.4 Å². The van der Waals surface area contributed by atoms with Gasteiger partial charge in [0.15, 0.2) is 0 Å². The first-order valence-electron chi connectivity index (χ1n) is 5.21. The van der Waals surface area contributed by atoms with Gasteiger partial charge < -0.3 is 5.32 Å². The maximum Gasteiger partial charge on any atom is 0.257 e. The molecule has 0 aliphatic rings. The number of thiophene rings is 1. The van der Waals surface area contributed by atoms with Crippen LogP contribution in [0.15, 0.2) is 34.8 Å². The van der Waals surface area contributed by atoms with Crippen molar-refractivity contribution in [2.75, 3.05) is 5.32 Å². The first-order valence-corrected chi connectivity index (χ1v) is 6.82. The summed E-state index contributed by atoms with van der Waals surface area (Å²) in [7, 11) is 0. The molecule has 0 radical (unpaired) electrons. The number of hydrogen-bond acceptors (Lipinski definition) is 2. The number of halogens is 1. The van der Waals surface area contributed by atoms with Gasteiger partial charge in [0.25, 0.3) is 5.91 Å². The van der Waals surface area contributed by atoms with E-state index < -0.39 is 0 Å². The van der Waals surface area contributed by atoms with E-state index in [1.807, 2.05) is 38.1 Å². The molecule has 1 N–H and O–H groups in total. The zero-order valence-electron chi connectivity index (χ0n) is 9.58. The van der Waals surface area contributed by atoms with Crippen molar-refractivity contribution in [2.45, 2.75) is 13.8 Å². The van der Waals surface area contributed by atoms with Crippen molar-refractivity contribution in [2.24, 2.45) is 0 Å². The SMILES string of the molecule is Cc1cc(NC(=O)c2ccccc2Br)sc1C. The minimum atomic E-state index is -0.0845. The fourth-order valence-corrected chi connectivity index (χ4v) is 2.85. The van der Waals surface area contributed by atoms with Crippen molar-refractivity contribution >= 4 is 38.2 Å². The third-order valence-corrected chi connectivity index (χ3v) is 4.28. The highest BCUT2D eigenvalue weighted by Crippen LogP contribution is 2.26. The predicted molar refractivity (Wildman–Crippen MR) is 75.9 cm³/mol. The van der Waals surface area contributed by atoms with Crippen molar-refractivity contribution < 1.29 is 4.79 Å². The Morgan fingerprint density at radius 2 is 2.00 bits per heavy atom. The zero-order chi connectivity index (χ0) is 12.4. The molecule has 17 heavy (non-hydrogen) atoms. The van der Waals surface area contributed by atoms with Gasteiger partial charge in [0.1, 0.15) is 0 Å². The van der Waals surface area contributed by atoms with Gasteiger partial charge in [0.05, 0.1) is 10.6 Å². The van der Waals surface area contributed by atoms with Crippen LogP contribution in [0.3, 0.4) is 0 Å². The first kappa shape index (κ1) is 12.3. The lowest BCUT2D eigenvalue weighted by atomic mass is 10.2. The molecule has 1 amide bonds. The van der Waals surface area contributed by atoms with Crippen LogP contribution in [0.4, 0.5) is 5.00 Å². The molecule has 2 rings (SSSR count). The number of nitrogens with one attached hydrogen (secondary N) is 1. The Kier molecular flexibility index (Phi) is 3.64. The monoisotopic (exact) mass is 309 g/mol. The molecular weight excluding hydrogens is 298 g/mol. The standard InChI is InChI=1S/C13H12BrNOS/c1-8-7-12(17-9(8)2)15-13(16)10-5-3-4-6-11(10)14/h3-7H,1-2H3,(H,15,16). The number of hydrogen-bond donors (Lipinski definition) is 1. The van der Waals surface area contributed by atoms with Gasteiger partial charge in [-0.1, -0.05) is 12.1 Å². The van der Waals surface area contributed by atoms with E-state index in [2.05, 4.69) is 21.2 Å². The molecule has 0 spiro atoms. The summed E-state index contributed by atoms with van der Waals surface area (Å²) in [6.45, 7) is 4.09. The lowest BCUT2D eigenvalue weighted by Gasteiger charge is -2.04. The average Bonchev–Trinajstić information content (AvgIpc) is 2.58. The minimum Gasteiger partial charge on any atom is -0.314 e. The van der Waals surface area contributed by atoms with Gasteiger partial charge in [-0.3, -0.25) is 4.79 Å². The molecule has 88 valence electrons. The third-order valence-electron chi connectivity index (χ3n) is 2.52. The van der Waals surface area contributed by atoms with Gasteiger partial charge in [-0.25, -0.2) is 0 Å². The second-order valence-electron chi connectivity index (χ2n) is 3.78. The van der Waals surface area contributed by atoms with E-state index >= 15 is 0 Å². The molecule has 2 aromatic rings. The van der Waals surface area contributed by atoms with E-state index in [1.165, 1.54) is 10.4 Å². The summed E-state index contributed by atoms with van der Waals surface area (Å²) in [4.78, 5) is 13.3. The van der Waals surface area contributed by atoms with Crippen molar-refractivity contribution in [1.29, 1.82) is 0 Å². The van der Waals surface area contributed by atoms with Gasteiger partial charge in [-0.05, 0) is 53.5 Å². The van der Waals surface area contributed by atoms with Crippen molar-refractivity contribution in [3.05, 3.63) is 50.8 Å². The highest BCUT2D eigenvalue weighted by Gasteiger charge is 2.11. The molecule has 4 heteroatoms. The van der Waals surface area contributed by atoms with Crippen molar-refractivity contribution in [3.8, 4) is 0 Å². The molecule has 0 saturated carbocycles. The quantitative estimate of drug-likeness (QED) is 0.876. The molecule has 1 aromatic heterocycles. The summed E-state index contributed by atoms with van der Waals surface area (Å²) in [5.41, 5.74) is 1.86. The smallest absolute Gasteiger partial charge is 0.257 e. The summed E-state index contributed by atoms with van der Waals surface area (Å²) in [5, 5.41) is 3.80. The average molecular weight is 310 g/mol. The molecule has 1 aromatic carbocycles. The Bertz CT molecular complexity index is 543. The lowest BCUT2D eigenvalue weighted by molar-refractivity contribution is 0.102. The number of benzene rings is 1. The maximum atomic E-state index is 12.0. The van der Waals surface area contributed by atoms with Crippen LogP contribution < -0.4 is 5.32 Å². The van der Waals surface area contributed by atoms with Crippen LogP contribution in [-0.4, -0.2) is 5.91 Å². The Balaban J connectivity index is 2.20. The zero-order valence-corrected chi connectivity index (χ0v) is 12.0. The third kappa shape index (κ3) is 2.76. The van der Waals surface area contributed by atoms with Gasteiger partial charge in [-0.2, -0.15) is 0 Å². The van der Waals surface area contributed by atoms with Crippen LogP contribution in [0, 0.1) is 13.8 Å². The first-order chi connectivity index (χ1) is 8.08. The number of anilines is 1. The van der Waals surface area contributed by atoms with Crippen LogP contribution in [0.2, 0.25) is 0 Å². The van der Waals surface area contributed by atoms with E-state index in [0.29, 0.717) is 5.56 Å². The normalized spacial score (nSPS) is 10.3. The molecule has 2 nitrogen and oxygen atoms in total. The van der Waals surface area contributed by atoms with Crippen LogP contribution in [0.5, 0.6) is 0 Å². The summed E-state index contributed by atoms with van der Waals surface area (Å²) in [6.07, 6.45) is 0. The van der Waals surface area contributed by atoms with E-state index in [0.717, 1.165) is 9.47 Å². The molecule has 0 unspecified atom stereocenters. The second kappa shape index (κ2) is 5.02. The fraction of sp³-hybridized carbons (Fsp3) is 0.154. The Hall–Kier alpha value is -1.13. The number of aryl methyl sites for hydroxylation is 2. The molecule has 0 aliphatic carbocycles. The van der Waals surface area contributed by atoms with E-state index in [9.17, 15) is 4.79 Å². The summed E-state index contributed by atoms with van der Waals surface area (Å²) in [5.74, 6) is -0.0845. The number of rotatable bonds is 2. The summed E-state index contributed by atoms with van der Waals surface area (Å²) >= 11 is 4.97. The van der Waals surface area contributed by atoms with E-state index in [4.69, 9.17) is 0 Å². The van der Waals surface area contributed by atoms with Crippen molar-refractivity contribution in [3.63, 3.8) is 0 Å². The summed E-state index contributed by atoms with van der Waals surface area (Å²) in [6, 6.07) is 9.40. The highest BCUT2D eigenvalue weighted by atomic mass is 79.9. The van der Waals surface area contributed by atoms with Crippen LogP contribution in [0.25, 0.3) is 0 Å². The topological polar surface area (TPSA) is 29.1 Å². The molecule has 0 aliphatic heterocycles. The largest absolute Gasteiger partial charge is 0.314 e. The number of carbonyl (C=O) groups is 1. The predicted octanol–water partition coefficient (Wildman–Crippen LogP) is 4.38. The summed E-state index contributed by atoms with van der Waals surface area (Å²) < 4.78 is 0.808. The van der Waals surface area contributed by atoms with Crippen LogP contribution >= 0.6 is 27.3 Å². The van der Waals surface area contributed by atoms with Crippen molar-refractivity contribution in [1.82, 2.24) is 0 Å². The molecule has 0 saturated heterocycles. The lowest BCUT2D eigenvalue weighted by Crippen LogP contribution is -2.11. The molecule has 0 atom stereocenters. The van der Waals surface area contributed by atoms with Crippen LogP contribution in [0.1, 0.15) is 20.8 Å². The number of carbonyl (C=O) groups excluding carboxylic acids is 1. The fourth-order valence-electron chi connectivity index (χ4n) is 1.46. The maximum absolute atomic E-state index is 12.0. The van der Waals surface area contributed by atoms with Gasteiger partial charge in [0.2, 0.25) is 0 Å². The Morgan fingerprint density at radius 3 is 2.59 bits per heavy atom.